The first-order valence-electron chi connectivity index (χ1n) is 11.1. The number of rotatable bonds is 8. The van der Waals surface area contributed by atoms with Crippen LogP contribution >= 0.6 is 0 Å². The van der Waals surface area contributed by atoms with Crippen LogP contribution in [0.2, 0.25) is 0 Å². The maximum Gasteiger partial charge on any atom is 0.339 e. The van der Waals surface area contributed by atoms with E-state index in [1.807, 2.05) is 18.7 Å². The molecule has 1 aliphatic carbocycles. The Hall–Kier alpha value is -2.61. The summed E-state index contributed by atoms with van der Waals surface area (Å²) in [6, 6.07) is 11.3. The van der Waals surface area contributed by atoms with Gasteiger partial charge < -0.3 is 14.4 Å². The van der Waals surface area contributed by atoms with E-state index < -0.39 is 15.9 Å². The third-order valence-electron chi connectivity index (χ3n) is 5.90. The minimum Gasteiger partial charge on any atom is -0.379 e. The summed E-state index contributed by atoms with van der Waals surface area (Å²) >= 11 is 0. The second kappa shape index (κ2) is 10.8. The van der Waals surface area contributed by atoms with Crippen LogP contribution in [-0.2, 0) is 16.7 Å². The summed E-state index contributed by atoms with van der Waals surface area (Å²) in [5, 5.41) is 3.18. The van der Waals surface area contributed by atoms with E-state index in [0.717, 1.165) is 61.9 Å². The Bertz CT molecular complexity index is 988. The summed E-state index contributed by atoms with van der Waals surface area (Å²) < 4.78 is 43.0. The van der Waals surface area contributed by atoms with Crippen molar-refractivity contribution >= 4 is 16.1 Å². The fourth-order valence-corrected chi connectivity index (χ4v) is 4.71. The minimum absolute atomic E-state index is 0.0633. The van der Waals surface area contributed by atoms with Crippen molar-refractivity contribution in [2.24, 2.45) is 0 Å². The van der Waals surface area contributed by atoms with Crippen LogP contribution in [0, 0.1) is 5.82 Å². The van der Waals surface area contributed by atoms with Crippen molar-refractivity contribution in [3.63, 3.8) is 0 Å². The largest absolute Gasteiger partial charge is 0.379 e. The number of amides is 2. The highest BCUT2D eigenvalue weighted by Crippen LogP contribution is 2.22. The van der Waals surface area contributed by atoms with Crippen molar-refractivity contribution in [2.75, 3.05) is 0 Å². The topological polar surface area (TPSA) is 75.7 Å². The smallest absolute Gasteiger partial charge is 0.339 e. The van der Waals surface area contributed by atoms with E-state index in [1.165, 1.54) is 6.42 Å². The lowest BCUT2D eigenvalue weighted by molar-refractivity contribution is 0.166. The van der Waals surface area contributed by atoms with Gasteiger partial charge in [-0.15, -0.1) is 0 Å². The molecule has 0 aromatic heterocycles. The molecule has 174 valence electrons. The van der Waals surface area contributed by atoms with E-state index in [-0.39, 0.29) is 28.8 Å². The highest BCUT2D eigenvalue weighted by molar-refractivity contribution is 7.87. The second-order valence-corrected chi connectivity index (χ2v) is 9.85. The SMILES string of the molecule is CCC(C)N(Cc1ccc(OS(=O)(=O)c2ccc(F)cc2)cc1)C(=O)NC1CCCCC1. The first kappa shape index (κ1) is 24.0. The average Bonchev–Trinajstić information content (AvgIpc) is 2.78. The molecule has 1 atom stereocenters. The molecule has 0 radical (unpaired) electrons. The number of hydrogen-bond donors (Lipinski definition) is 1. The zero-order chi connectivity index (χ0) is 23.1. The quantitative estimate of drug-likeness (QED) is 0.545. The Morgan fingerprint density at radius 3 is 2.31 bits per heavy atom. The molecule has 3 rings (SSSR count). The number of carbonyl (C=O) groups is 1. The molecule has 1 fully saturated rings. The Morgan fingerprint density at radius 1 is 1.09 bits per heavy atom. The Labute approximate surface area is 189 Å². The van der Waals surface area contributed by atoms with Crippen LogP contribution in [0.4, 0.5) is 9.18 Å². The molecule has 1 unspecified atom stereocenters. The summed E-state index contributed by atoms with van der Waals surface area (Å²) in [5.41, 5.74) is 0.871. The molecule has 8 heteroatoms. The molecule has 0 spiro atoms. The van der Waals surface area contributed by atoms with Gasteiger partial charge in [0.05, 0.1) is 0 Å². The van der Waals surface area contributed by atoms with Gasteiger partial charge in [0.15, 0.2) is 0 Å². The molecule has 32 heavy (non-hydrogen) atoms. The predicted octanol–water partition coefficient (Wildman–Crippen LogP) is 5.24. The van der Waals surface area contributed by atoms with Crippen LogP contribution in [-0.4, -0.2) is 31.4 Å². The molecule has 2 aromatic rings. The summed E-state index contributed by atoms with van der Waals surface area (Å²) in [7, 11) is -4.05. The van der Waals surface area contributed by atoms with Gasteiger partial charge in [0.2, 0.25) is 0 Å². The van der Waals surface area contributed by atoms with Crippen LogP contribution < -0.4 is 9.50 Å². The first-order valence-corrected chi connectivity index (χ1v) is 12.6. The number of hydrogen-bond acceptors (Lipinski definition) is 4. The van der Waals surface area contributed by atoms with Gasteiger partial charge >= 0.3 is 16.1 Å². The fraction of sp³-hybridized carbons (Fsp3) is 0.458. The molecule has 1 saturated carbocycles. The standard InChI is InChI=1S/C24H31FN2O4S/c1-3-18(2)27(24(28)26-21-7-5-4-6-8-21)17-19-9-13-22(14-10-19)31-32(29,30)23-15-11-20(25)12-16-23/h9-16,18,21H,3-8,17H2,1-2H3,(H,26,28). The number of urea groups is 1. The van der Waals surface area contributed by atoms with Crippen LogP contribution in [0.15, 0.2) is 53.4 Å². The highest BCUT2D eigenvalue weighted by atomic mass is 32.2. The number of benzene rings is 2. The van der Waals surface area contributed by atoms with Crippen molar-refractivity contribution in [2.45, 2.75) is 75.9 Å². The van der Waals surface area contributed by atoms with Gasteiger partial charge in [-0.2, -0.15) is 8.42 Å². The van der Waals surface area contributed by atoms with Crippen LogP contribution in [0.1, 0.15) is 57.9 Å². The maximum atomic E-state index is 13.1. The Morgan fingerprint density at radius 2 is 1.72 bits per heavy atom. The van der Waals surface area contributed by atoms with Gasteiger partial charge in [0, 0.05) is 18.6 Å². The summed E-state index contributed by atoms with van der Waals surface area (Å²) in [5.74, 6) is -0.369. The van der Waals surface area contributed by atoms with Crippen molar-refractivity contribution in [3.8, 4) is 5.75 Å². The van der Waals surface area contributed by atoms with Gasteiger partial charge in [0.25, 0.3) is 0 Å². The van der Waals surface area contributed by atoms with Crippen molar-refractivity contribution < 1.29 is 21.8 Å². The van der Waals surface area contributed by atoms with Gasteiger partial charge in [0.1, 0.15) is 16.5 Å². The van der Waals surface area contributed by atoms with Gasteiger partial charge in [-0.05, 0) is 68.1 Å². The predicted molar refractivity (Wildman–Crippen MR) is 121 cm³/mol. The monoisotopic (exact) mass is 462 g/mol. The molecule has 2 amide bonds. The van der Waals surface area contributed by atoms with Gasteiger partial charge in [-0.3, -0.25) is 0 Å². The summed E-state index contributed by atoms with van der Waals surface area (Å²) in [6.45, 7) is 4.48. The fourth-order valence-electron chi connectivity index (χ4n) is 3.78. The maximum absolute atomic E-state index is 13.1. The normalized spacial score (nSPS) is 15.7. The molecule has 0 bridgehead atoms. The lowest BCUT2D eigenvalue weighted by atomic mass is 9.96. The number of nitrogens with one attached hydrogen (secondary N) is 1. The van der Waals surface area contributed by atoms with E-state index in [0.29, 0.717) is 6.54 Å². The molecule has 1 aliphatic rings. The van der Waals surface area contributed by atoms with Crippen LogP contribution in [0.3, 0.4) is 0 Å². The van der Waals surface area contributed by atoms with Gasteiger partial charge in [-0.1, -0.05) is 38.3 Å². The zero-order valence-corrected chi connectivity index (χ0v) is 19.4. The third-order valence-corrected chi connectivity index (χ3v) is 7.16. The second-order valence-electron chi connectivity index (χ2n) is 8.30. The van der Waals surface area contributed by atoms with E-state index in [2.05, 4.69) is 5.32 Å². The third kappa shape index (κ3) is 6.45. The molecule has 0 heterocycles. The van der Waals surface area contributed by atoms with Crippen LogP contribution in [0.25, 0.3) is 0 Å². The average molecular weight is 463 g/mol. The Balaban J connectivity index is 1.66. The van der Waals surface area contributed by atoms with Crippen molar-refractivity contribution in [1.29, 1.82) is 0 Å². The number of halogens is 1. The number of nitrogens with zero attached hydrogens (tertiary/aromatic N) is 1. The van der Waals surface area contributed by atoms with E-state index in [1.54, 1.807) is 24.3 Å². The summed E-state index contributed by atoms with van der Waals surface area (Å²) in [4.78, 5) is 14.6. The summed E-state index contributed by atoms with van der Waals surface area (Å²) in [6.07, 6.45) is 6.40. The van der Waals surface area contributed by atoms with Crippen molar-refractivity contribution in [1.82, 2.24) is 10.2 Å². The zero-order valence-electron chi connectivity index (χ0n) is 18.6. The van der Waals surface area contributed by atoms with Crippen LogP contribution in [0.5, 0.6) is 5.75 Å². The minimum atomic E-state index is -4.05. The number of carbonyl (C=O) groups excluding carboxylic acids is 1. The van der Waals surface area contributed by atoms with Gasteiger partial charge in [-0.25, -0.2) is 9.18 Å². The molecular weight excluding hydrogens is 431 g/mol. The van der Waals surface area contributed by atoms with E-state index >= 15 is 0 Å². The van der Waals surface area contributed by atoms with E-state index in [9.17, 15) is 17.6 Å². The lowest BCUT2D eigenvalue weighted by Gasteiger charge is -2.32. The van der Waals surface area contributed by atoms with Crippen molar-refractivity contribution in [3.05, 3.63) is 59.9 Å². The highest BCUT2D eigenvalue weighted by Gasteiger charge is 2.23. The molecule has 2 aromatic carbocycles. The lowest BCUT2D eigenvalue weighted by Crippen LogP contribution is -2.48. The Kier molecular flexibility index (Phi) is 8.12. The molecule has 0 aliphatic heterocycles. The molecular formula is C24H31FN2O4S. The molecule has 6 nitrogen and oxygen atoms in total. The molecule has 0 saturated heterocycles. The molecule has 1 N–H and O–H groups in total. The first-order chi connectivity index (χ1) is 15.3. The van der Waals surface area contributed by atoms with E-state index in [4.69, 9.17) is 4.18 Å².